The summed E-state index contributed by atoms with van der Waals surface area (Å²) in [7, 11) is 0. The van der Waals surface area contributed by atoms with Crippen LogP contribution in [0.25, 0.3) is 0 Å². The number of halogens is 2. The van der Waals surface area contributed by atoms with Gasteiger partial charge in [-0.2, -0.15) is 0 Å². The molecule has 1 N–H and O–H groups in total. The van der Waals surface area contributed by atoms with E-state index in [9.17, 15) is 4.39 Å². The third kappa shape index (κ3) is 4.19. The van der Waals surface area contributed by atoms with Crippen molar-refractivity contribution < 1.29 is 4.39 Å². The van der Waals surface area contributed by atoms with Crippen molar-refractivity contribution in [2.75, 3.05) is 13.1 Å². The third-order valence-corrected chi connectivity index (χ3v) is 4.26. The van der Waals surface area contributed by atoms with E-state index in [1.165, 1.54) is 18.9 Å². The second kappa shape index (κ2) is 6.71. The van der Waals surface area contributed by atoms with Crippen molar-refractivity contribution in [2.24, 2.45) is 17.8 Å². The Bertz CT molecular complexity index is 419. The van der Waals surface area contributed by atoms with Crippen molar-refractivity contribution >= 4 is 11.6 Å². The van der Waals surface area contributed by atoms with Gasteiger partial charge in [0.05, 0.1) is 0 Å². The molecule has 0 spiro atoms. The molecule has 1 aliphatic carbocycles. The third-order valence-electron chi connectivity index (χ3n) is 4.02. The van der Waals surface area contributed by atoms with Crippen LogP contribution in [0.3, 0.4) is 0 Å². The zero-order chi connectivity index (χ0) is 13.8. The molecule has 2 rings (SSSR count). The fourth-order valence-corrected chi connectivity index (χ4v) is 2.91. The SMILES string of the molecule is CC(C)CNCC1CCC1Cc1cc(Cl)ccc1F. The molecule has 0 amide bonds. The number of nitrogens with one attached hydrogen (secondary N) is 1. The van der Waals surface area contributed by atoms with Crippen LogP contribution in [0.5, 0.6) is 0 Å². The van der Waals surface area contributed by atoms with Gasteiger partial charge in [-0.1, -0.05) is 25.4 Å². The molecule has 1 aromatic carbocycles. The molecule has 0 heterocycles. The minimum Gasteiger partial charge on any atom is -0.316 e. The summed E-state index contributed by atoms with van der Waals surface area (Å²) in [4.78, 5) is 0. The van der Waals surface area contributed by atoms with Crippen LogP contribution >= 0.6 is 11.6 Å². The summed E-state index contributed by atoms with van der Waals surface area (Å²) in [6.07, 6.45) is 3.29. The van der Waals surface area contributed by atoms with Gasteiger partial charge in [0, 0.05) is 5.02 Å². The fourth-order valence-electron chi connectivity index (χ4n) is 2.72. The molecular formula is C16H23ClFN. The van der Waals surface area contributed by atoms with Crippen LogP contribution in [0, 0.1) is 23.6 Å². The molecule has 1 aromatic rings. The van der Waals surface area contributed by atoms with E-state index in [2.05, 4.69) is 19.2 Å². The molecule has 1 nitrogen and oxygen atoms in total. The van der Waals surface area contributed by atoms with Gasteiger partial charge in [-0.05, 0) is 73.9 Å². The molecule has 3 heteroatoms. The largest absolute Gasteiger partial charge is 0.316 e. The molecule has 0 saturated heterocycles. The van der Waals surface area contributed by atoms with Crippen molar-refractivity contribution in [3.63, 3.8) is 0 Å². The monoisotopic (exact) mass is 283 g/mol. The Morgan fingerprint density at radius 1 is 1.32 bits per heavy atom. The number of hydrogen-bond acceptors (Lipinski definition) is 1. The molecule has 0 bridgehead atoms. The molecule has 2 atom stereocenters. The second-order valence-corrected chi connectivity index (χ2v) is 6.53. The number of hydrogen-bond donors (Lipinski definition) is 1. The first kappa shape index (κ1) is 14.8. The first-order valence-corrected chi connectivity index (χ1v) is 7.58. The standard InChI is InChI=1S/C16H23ClFN/c1-11(2)9-19-10-13-4-3-12(13)7-14-8-15(17)5-6-16(14)18/h5-6,8,11-13,19H,3-4,7,9-10H2,1-2H3. The lowest BCUT2D eigenvalue weighted by Gasteiger charge is -2.37. The quantitative estimate of drug-likeness (QED) is 0.821. The highest BCUT2D eigenvalue weighted by Gasteiger charge is 2.30. The smallest absolute Gasteiger partial charge is 0.126 e. The molecule has 0 aromatic heterocycles. The number of rotatable bonds is 6. The van der Waals surface area contributed by atoms with Gasteiger partial charge in [-0.15, -0.1) is 0 Å². The van der Waals surface area contributed by atoms with Crippen molar-refractivity contribution in [1.82, 2.24) is 5.32 Å². The van der Waals surface area contributed by atoms with Crippen LogP contribution < -0.4 is 5.32 Å². The van der Waals surface area contributed by atoms with E-state index in [-0.39, 0.29) is 5.82 Å². The highest BCUT2D eigenvalue weighted by Crippen LogP contribution is 2.37. The Morgan fingerprint density at radius 2 is 2.05 bits per heavy atom. The Balaban J connectivity index is 1.84. The summed E-state index contributed by atoms with van der Waals surface area (Å²) in [6.45, 7) is 6.55. The molecule has 1 fully saturated rings. The maximum Gasteiger partial charge on any atom is 0.126 e. The van der Waals surface area contributed by atoms with Gasteiger partial charge >= 0.3 is 0 Å². The van der Waals surface area contributed by atoms with Crippen LogP contribution in [-0.2, 0) is 6.42 Å². The lowest BCUT2D eigenvalue weighted by molar-refractivity contribution is 0.168. The Labute approximate surface area is 120 Å². The van der Waals surface area contributed by atoms with Gasteiger partial charge in [0.2, 0.25) is 0 Å². The summed E-state index contributed by atoms with van der Waals surface area (Å²) >= 11 is 5.94. The Kier molecular flexibility index (Phi) is 5.23. The first-order valence-electron chi connectivity index (χ1n) is 7.21. The molecule has 1 saturated carbocycles. The summed E-state index contributed by atoms with van der Waals surface area (Å²) in [5, 5.41) is 4.14. The summed E-state index contributed by atoms with van der Waals surface area (Å²) in [5.74, 6) is 1.86. The van der Waals surface area contributed by atoms with Crippen LogP contribution in [0.15, 0.2) is 18.2 Å². The van der Waals surface area contributed by atoms with Gasteiger partial charge in [0.25, 0.3) is 0 Å². The van der Waals surface area contributed by atoms with Crippen LogP contribution in [0.1, 0.15) is 32.3 Å². The zero-order valence-electron chi connectivity index (χ0n) is 11.8. The first-order chi connectivity index (χ1) is 9.06. The maximum atomic E-state index is 13.7. The van der Waals surface area contributed by atoms with E-state index in [1.54, 1.807) is 12.1 Å². The van der Waals surface area contributed by atoms with Crippen molar-refractivity contribution in [1.29, 1.82) is 0 Å². The minimum absolute atomic E-state index is 0.120. The normalized spacial score (nSPS) is 22.6. The highest BCUT2D eigenvalue weighted by atomic mass is 35.5. The molecule has 106 valence electrons. The van der Waals surface area contributed by atoms with Gasteiger partial charge < -0.3 is 5.32 Å². The van der Waals surface area contributed by atoms with E-state index in [1.807, 2.05) is 0 Å². The van der Waals surface area contributed by atoms with Crippen molar-refractivity contribution in [3.8, 4) is 0 Å². The Morgan fingerprint density at radius 3 is 2.68 bits per heavy atom. The molecule has 0 radical (unpaired) electrons. The van der Waals surface area contributed by atoms with Gasteiger partial charge in [0.15, 0.2) is 0 Å². The minimum atomic E-state index is -0.120. The summed E-state index contributed by atoms with van der Waals surface area (Å²) < 4.78 is 13.7. The van der Waals surface area contributed by atoms with Crippen LogP contribution in [0.4, 0.5) is 4.39 Å². The van der Waals surface area contributed by atoms with Gasteiger partial charge in [-0.3, -0.25) is 0 Å². The fraction of sp³-hybridized carbons (Fsp3) is 0.625. The van der Waals surface area contributed by atoms with E-state index >= 15 is 0 Å². The van der Waals surface area contributed by atoms with E-state index in [0.717, 1.165) is 25.1 Å². The highest BCUT2D eigenvalue weighted by molar-refractivity contribution is 6.30. The Hall–Kier alpha value is -0.600. The van der Waals surface area contributed by atoms with E-state index in [0.29, 0.717) is 22.8 Å². The van der Waals surface area contributed by atoms with Crippen molar-refractivity contribution in [2.45, 2.75) is 33.1 Å². The maximum absolute atomic E-state index is 13.7. The van der Waals surface area contributed by atoms with Crippen molar-refractivity contribution in [3.05, 3.63) is 34.6 Å². The van der Waals surface area contributed by atoms with Gasteiger partial charge in [-0.25, -0.2) is 4.39 Å². The zero-order valence-corrected chi connectivity index (χ0v) is 12.5. The second-order valence-electron chi connectivity index (χ2n) is 6.09. The molecule has 1 aliphatic rings. The average Bonchev–Trinajstić information content (AvgIpc) is 2.34. The number of benzene rings is 1. The average molecular weight is 284 g/mol. The van der Waals surface area contributed by atoms with Gasteiger partial charge in [0.1, 0.15) is 5.82 Å². The van der Waals surface area contributed by atoms with E-state index < -0.39 is 0 Å². The van der Waals surface area contributed by atoms with Crippen LogP contribution in [0.2, 0.25) is 5.02 Å². The summed E-state index contributed by atoms with van der Waals surface area (Å²) in [5.41, 5.74) is 0.769. The summed E-state index contributed by atoms with van der Waals surface area (Å²) in [6, 6.07) is 4.86. The predicted molar refractivity (Wildman–Crippen MR) is 79.0 cm³/mol. The molecule has 2 unspecified atom stereocenters. The molecular weight excluding hydrogens is 261 g/mol. The van der Waals surface area contributed by atoms with Crippen LogP contribution in [-0.4, -0.2) is 13.1 Å². The predicted octanol–water partition coefficient (Wildman–Crippen LogP) is 4.29. The lowest BCUT2D eigenvalue weighted by atomic mass is 9.70. The molecule has 0 aliphatic heterocycles. The lowest BCUT2D eigenvalue weighted by Crippen LogP contribution is -2.37. The van der Waals surface area contributed by atoms with E-state index in [4.69, 9.17) is 11.6 Å². The molecule has 19 heavy (non-hydrogen) atoms. The topological polar surface area (TPSA) is 12.0 Å².